The van der Waals surface area contributed by atoms with E-state index in [1.165, 1.54) is 4.68 Å². The predicted molar refractivity (Wildman–Crippen MR) is 113 cm³/mol. The molecule has 0 amide bonds. The monoisotopic (exact) mass is 410 g/mol. The minimum Gasteiger partial charge on any atom is -0.481 e. The maximum Gasteiger partial charge on any atom is 0.360 e. The summed E-state index contributed by atoms with van der Waals surface area (Å²) in [5, 5.41) is 0. The number of carbonyl (C=O) groups excluding carboxylic acids is 1. The van der Waals surface area contributed by atoms with Crippen LogP contribution in [0.1, 0.15) is 28.5 Å². The molecule has 7 heteroatoms. The summed E-state index contributed by atoms with van der Waals surface area (Å²) in [5.74, 6) is -0.607. The minimum atomic E-state index is -0.596. The number of benzene rings is 2. The third-order valence-corrected chi connectivity index (χ3v) is 4.58. The molecule has 0 bridgehead atoms. The number of nitrogens with zero attached hydrogens (tertiary/aromatic N) is 2. The van der Waals surface area contributed by atoms with Gasteiger partial charge in [0.1, 0.15) is 6.61 Å². The molecule has 0 radical (unpaired) electrons. The Morgan fingerprint density at radius 3 is 2.13 bits per heavy atom. The first-order valence-electron chi connectivity index (χ1n) is 9.87. The van der Waals surface area contributed by atoms with Crippen LogP contribution in [0.25, 0.3) is 0 Å². The minimum absolute atomic E-state index is 0.0112. The zero-order valence-electron chi connectivity index (χ0n) is 17.2. The highest BCUT2D eigenvalue weighted by Crippen LogP contribution is 2.18. The molecule has 3 rings (SSSR count). The lowest BCUT2D eigenvalue weighted by atomic mass is 10.2. The van der Waals surface area contributed by atoms with Crippen molar-refractivity contribution < 1.29 is 19.0 Å². The molecular weight excluding hydrogens is 384 g/mol. The van der Waals surface area contributed by atoms with E-state index in [9.17, 15) is 9.59 Å². The molecule has 0 aliphatic carbocycles. The molecule has 1 heterocycles. The van der Waals surface area contributed by atoms with Crippen LogP contribution in [0.4, 0.5) is 0 Å². The molecule has 0 N–H and O–H groups in total. The number of hydrogen-bond acceptors (Lipinski definition) is 5. The van der Waals surface area contributed by atoms with E-state index >= 15 is 0 Å². The van der Waals surface area contributed by atoms with Crippen LogP contribution in [0.15, 0.2) is 65.5 Å². The van der Waals surface area contributed by atoms with Crippen molar-refractivity contribution in [2.24, 2.45) is 7.05 Å². The molecule has 30 heavy (non-hydrogen) atoms. The summed E-state index contributed by atoms with van der Waals surface area (Å²) in [6.45, 7) is 3.17. The van der Waals surface area contributed by atoms with Crippen molar-refractivity contribution in [1.29, 1.82) is 0 Å². The Bertz CT molecular complexity index is 1010. The summed E-state index contributed by atoms with van der Waals surface area (Å²) in [7, 11) is 1.59. The zero-order valence-corrected chi connectivity index (χ0v) is 17.2. The summed E-state index contributed by atoms with van der Waals surface area (Å²) in [6.07, 6.45) is 0. The first-order chi connectivity index (χ1) is 14.6. The van der Waals surface area contributed by atoms with Crippen LogP contribution in [0, 0.1) is 0 Å². The van der Waals surface area contributed by atoms with Gasteiger partial charge < -0.3 is 14.2 Å². The number of ether oxygens (including phenoxy) is 3. The number of carbonyl (C=O) groups is 1. The zero-order chi connectivity index (χ0) is 21.3. The van der Waals surface area contributed by atoms with E-state index in [-0.39, 0.29) is 24.7 Å². The molecule has 0 fully saturated rings. The van der Waals surface area contributed by atoms with Crippen LogP contribution < -0.4 is 10.3 Å². The first kappa shape index (κ1) is 21.4. The van der Waals surface area contributed by atoms with Gasteiger partial charge in [0.2, 0.25) is 5.75 Å². The van der Waals surface area contributed by atoms with Crippen molar-refractivity contribution in [2.45, 2.75) is 26.7 Å². The molecular formula is C23H26N2O5. The fourth-order valence-electron chi connectivity index (χ4n) is 3.06. The summed E-state index contributed by atoms with van der Waals surface area (Å²) in [6, 6.07) is 19.3. The van der Waals surface area contributed by atoms with Gasteiger partial charge in [0, 0.05) is 7.05 Å². The molecule has 7 nitrogen and oxygen atoms in total. The van der Waals surface area contributed by atoms with Gasteiger partial charge in [-0.3, -0.25) is 9.48 Å². The molecule has 3 aromatic rings. The Morgan fingerprint density at radius 2 is 1.53 bits per heavy atom. The molecule has 0 unspecified atom stereocenters. The second-order valence-corrected chi connectivity index (χ2v) is 6.66. The van der Waals surface area contributed by atoms with Gasteiger partial charge in [-0.25, -0.2) is 9.48 Å². The van der Waals surface area contributed by atoms with Crippen molar-refractivity contribution in [1.82, 2.24) is 9.36 Å². The van der Waals surface area contributed by atoms with Gasteiger partial charge in [0.15, 0.2) is 5.69 Å². The largest absolute Gasteiger partial charge is 0.481 e. The molecule has 0 aliphatic heterocycles. The first-order valence-corrected chi connectivity index (χ1v) is 9.87. The summed E-state index contributed by atoms with van der Waals surface area (Å²) in [4.78, 5) is 25.4. The maximum atomic E-state index is 12.8. The van der Waals surface area contributed by atoms with Crippen LogP contribution in [-0.2, 0) is 36.3 Å². The van der Waals surface area contributed by atoms with Gasteiger partial charge in [-0.1, -0.05) is 60.7 Å². The fourth-order valence-corrected chi connectivity index (χ4v) is 3.06. The number of aromatic nitrogens is 2. The molecule has 1 aromatic heterocycles. The van der Waals surface area contributed by atoms with Gasteiger partial charge in [-0.15, -0.1) is 0 Å². The second-order valence-electron chi connectivity index (χ2n) is 6.66. The van der Waals surface area contributed by atoms with E-state index in [2.05, 4.69) is 0 Å². The van der Waals surface area contributed by atoms with Crippen molar-refractivity contribution in [3.05, 3.63) is 87.8 Å². The highest BCUT2D eigenvalue weighted by Gasteiger charge is 2.26. The third-order valence-electron chi connectivity index (χ3n) is 4.58. The van der Waals surface area contributed by atoms with E-state index in [0.717, 1.165) is 11.1 Å². The van der Waals surface area contributed by atoms with Gasteiger partial charge in [-0.05, 0) is 18.1 Å². The van der Waals surface area contributed by atoms with E-state index in [0.29, 0.717) is 19.8 Å². The van der Waals surface area contributed by atoms with Crippen LogP contribution >= 0.6 is 0 Å². The normalized spacial score (nSPS) is 10.7. The van der Waals surface area contributed by atoms with Gasteiger partial charge in [0.05, 0.1) is 26.4 Å². The molecule has 0 aliphatic rings. The SMILES string of the molecule is CCOC(=O)c1c(OCc2ccccc2)c(=O)n(C)n1CCOCc1ccccc1. The average Bonchev–Trinajstić information content (AvgIpc) is 3.01. The van der Waals surface area contributed by atoms with Crippen LogP contribution in [0.2, 0.25) is 0 Å². The van der Waals surface area contributed by atoms with Crippen LogP contribution in [-0.4, -0.2) is 28.5 Å². The lowest BCUT2D eigenvalue weighted by Gasteiger charge is -2.12. The third kappa shape index (κ3) is 5.18. The highest BCUT2D eigenvalue weighted by atomic mass is 16.5. The summed E-state index contributed by atoms with van der Waals surface area (Å²) < 4.78 is 19.6. The summed E-state index contributed by atoms with van der Waals surface area (Å²) >= 11 is 0. The number of hydrogen-bond donors (Lipinski definition) is 0. The Labute approximate surface area is 175 Å². The lowest BCUT2D eigenvalue weighted by molar-refractivity contribution is 0.0497. The van der Waals surface area contributed by atoms with E-state index < -0.39 is 11.5 Å². The Kier molecular flexibility index (Phi) is 7.45. The predicted octanol–water partition coefficient (Wildman–Crippen LogP) is 3.16. The second kappa shape index (κ2) is 10.5. The Morgan fingerprint density at radius 1 is 0.933 bits per heavy atom. The van der Waals surface area contributed by atoms with Crippen molar-refractivity contribution in [3.63, 3.8) is 0 Å². The lowest BCUT2D eigenvalue weighted by Crippen LogP contribution is -2.23. The topological polar surface area (TPSA) is 71.7 Å². The smallest absolute Gasteiger partial charge is 0.360 e. The Balaban J connectivity index is 1.77. The molecule has 0 spiro atoms. The highest BCUT2D eigenvalue weighted by molar-refractivity contribution is 5.90. The molecule has 0 saturated carbocycles. The number of rotatable bonds is 10. The fraction of sp³-hybridized carbons (Fsp3) is 0.304. The molecule has 0 saturated heterocycles. The molecule has 0 atom stereocenters. The van der Waals surface area contributed by atoms with Crippen LogP contribution in [0.5, 0.6) is 5.75 Å². The van der Waals surface area contributed by atoms with Gasteiger partial charge in [0.25, 0.3) is 0 Å². The van der Waals surface area contributed by atoms with Crippen molar-refractivity contribution in [3.8, 4) is 5.75 Å². The van der Waals surface area contributed by atoms with E-state index in [1.807, 2.05) is 60.7 Å². The van der Waals surface area contributed by atoms with Crippen molar-refractivity contribution in [2.75, 3.05) is 13.2 Å². The van der Waals surface area contributed by atoms with Gasteiger partial charge in [-0.2, -0.15) is 0 Å². The van der Waals surface area contributed by atoms with E-state index in [1.54, 1.807) is 18.7 Å². The van der Waals surface area contributed by atoms with Gasteiger partial charge >= 0.3 is 11.5 Å². The van der Waals surface area contributed by atoms with Crippen LogP contribution in [0.3, 0.4) is 0 Å². The summed E-state index contributed by atoms with van der Waals surface area (Å²) in [5.41, 5.74) is 1.66. The van der Waals surface area contributed by atoms with E-state index in [4.69, 9.17) is 14.2 Å². The number of esters is 1. The Hall–Kier alpha value is -3.32. The average molecular weight is 410 g/mol. The molecule has 158 valence electrons. The molecule has 2 aromatic carbocycles. The standard InChI is InChI=1S/C23H26N2O5/c1-3-29-23(27)20-21(30-17-19-12-8-5-9-13-19)22(26)24(2)25(20)14-15-28-16-18-10-6-4-7-11-18/h4-13H,3,14-17H2,1-2H3. The van der Waals surface area contributed by atoms with Crippen molar-refractivity contribution >= 4 is 5.97 Å². The maximum absolute atomic E-state index is 12.8. The quantitative estimate of drug-likeness (QED) is 0.379.